The highest BCUT2D eigenvalue weighted by atomic mass is 79.9. The van der Waals surface area contributed by atoms with E-state index in [1.807, 2.05) is 0 Å². The average Bonchev–Trinajstić information content (AvgIpc) is 2.89. The lowest BCUT2D eigenvalue weighted by Crippen LogP contribution is -2.02. The minimum Gasteiger partial charge on any atom is -0.496 e. The molecule has 0 fully saturated rings. The molecule has 0 saturated heterocycles. The second-order valence-corrected chi connectivity index (χ2v) is 5.82. The van der Waals surface area contributed by atoms with Gasteiger partial charge in [0.1, 0.15) is 11.3 Å². The molecule has 3 nitrogen and oxygen atoms in total. The molecule has 0 spiro atoms. The normalized spacial score (nSPS) is 10.8. The molecule has 0 atom stereocenters. The summed E-state index contributed by atoms with van der Waals surface area (Å²) >= 11 is 9.29. The van der Waals surface area contributed by atoms with Crippen molar-refractivity contribution in [3.8, 4) is 5.75 Å². The van der Waals surface area contributed by atoms with Crippen molar-refractivity contribution in [2.75, 3.05) is 7.11 Å². The summed E-state index contributed by atoms with van der Waals surface area (Å²) in [4.78, 5) is 12.6. The smallest absolute Gasteiger partial charge is 0.231 e. The van der Waals surface area contributed by atoms with E-state index in [1.54, 1.807) is 42.5 Å². The standard InChI is InChI=1S/C16H10BrClO3/c1-20-14-8-10(17)2-4-12(14)16(19)15-7-9-6-11(18)3-5-13(9)21-15/h2-8H,1H3. The van der Waals surface area contributed by atoms with Crippen LogP contribution >= 0.6 is 27.5 Å². The summed E-state index contributed by atoms with van der Waals surface area (Å²) in [5.41, 5.74) is 1.07. The van der Waals surface area contributed by atoms with E-state index in [-0.39, 0.29) is 11.5 Å². The lowest BCUT2D eigenvalue weighted by atomic mass is 10.1. The van der Waals surface area contributed by atoms with Gasteiger partial charge in [0.25, 0.3) is 0 Å². The van der Waals surface area contributed by atoms with Crippen LogP contribution in [0.5, 0.6) is 5.75 Å². The Balaban J connectivity index is 2.08. The molecule has 0 amide bonds. The third-order valence-electron chi connectivity index (χ3n) is 3.11. The Morgan fingerprint density at radius 3 is 2.76 bits per heavy atom. The number of carbonyl (C=O) groups excluding carboxylic acids is 1. The zero-order chi connectivity index (χ0) is 15.0. The van der Waals surface area contributed by atoms with Crippen LogP contribution in [0.15, 0.2) is 51.4 Å². The van der Waals surface area contributed by atoms with Crippen molar-refractivity contribution >= 4 is 44.3 Å². The Bertz CT molecular complexity index is 839. The molecule has 0 aliphatic rings. The molecular formula is C16H10BrClO3. The fraction of sp³-hybridized carbons (Fsp3) is 0.0625. The van der Waals surface area contributed by atoms with Gasteiger partial charge in [0.2, 0.25) is 5.78 Å². The number of methoxy groups -OCH3 is 1. The van der Waals surface area contributed by atoms with Crippen molar-refractivity contribution in [3.05, 3.63) is 63.3 Å². The van der Waals surface area contributed by atoms with Crippen molar-refractivity contribution in [2.45, 2.75) is 0 Å². The summed E-state index contributed by atoms with van der Waals surface area (Å²) in [6, 6.07) is 12.1. The van der Waals surface area contributed by atoms with Crippen molar-refractivity contribution in [1.29, 1.82) is 0 Å². The predicted octanol–water partition coefficient (Wildman–Crippen LogP) is 5.09. The van der Waals surface area contributed by atoms with Gasteiger partial charge in [-0.2, -0.15) is 0 Å². The van der Waals surface area contributed by atoms with Crippen LogP contribution in [0.4, 0.5) is 0 Å². The Labute approximate surface area is 134 Å². The highest BCUT2D eigenvalue weighted by Crippen LogP contribution is 2.29. The number of benzene rings is 2. The number of hydrogen-bond acceptors (Lipinski definition) is 3. The Hall–Kier alpha value is -1.78. The van der Waals surface area contributed by atoms with Crippen LogP contribution < -0.4 is 4.74 Å². The number of rotatable bonds is 3. The van der Waals surface area contributed by atoms with Crippen LogP contribution in [0, 0.1) is 0 Å². The Morgan fingerprint density at radius 2 is 2.00 bits per heavy atom. The minimum atomic E-state index is -0.230. The van der Waals surface area contributed by atoms with Crippen molar-refractivity contribution in [1.82, 2.24) is 0 Å². The van der Waals surface area contributed by atoms with E-state index in [1.165, 1.54) is 7.11 Å². The number of hydrogen-bond donors (Lipinski definition) is 0. The van der Waals surface area contributed by atoms with Crippen LogP contribution in [0.2, 0.25) is 5.02 Å². The summed E-state index contributed by atoms with van der Waals surface area (Å²) < 4.78 is 11.7. The van der Waals surface area contributed by atoms with Crippen molar-refractivity contribution in [2.24, 2.45) is 0 Å². The number of carbonyl (C=O) groups is 1. The van der Waals surface area contributed by atoms with Gasteiger partial charge in [-0.1, -0.05) is 27.5 Å². The zero-order valence-corrected chi connectivity index (χ0v) is 13.4. The van der Waals surface area contributed by atoms with Gasteiger partial charge in [0.15, 0.2) is 5.76 Å². The molecule has 0 bridgehead atoms. The van der Waals surface area contributed by atoms with Gasteiger partial charge in [0, 0.05) is 14.9 Å². The molecule has 1 heterocycles. The van der Waals surface area contributed by atoms with Gasteiger partial charge in [-0.05, 0) is 42.5 Å². The average molecular weight is 366 g/mol. The van der Waals surface area contributed by atoms with Crippen LogP contribution in [0.1, 0.15) is 16.1 Å². The number of furan rings is 1. The van der Waals surface area contributed by atoms with Crippen LogP contribution in [0.3, 0.4) is 0 Å². The summed E-state index contributed by atoms with van der Waals surface area (Å²) in [6.07, 6.45) is 0. The molecule has 0 aliphatic carbocycles. The quantitative estimate of drug-likeness (QED) is 0.607. The molecule has 106 valence electrons. The molecule has 0 saturated carbocycles. The van der Waals surface area contributed by atoms with Gasteiger partial charge in [-0.3, -0.25) is 4.79 Å². The maximum Gasteiger partial charge on any atom is 0.231 e. The monoisotopic (exact) mass is 364 g/mol. The third-order valence-corrected chi connectivity index (χ3v) is 3.84. The van der Waals surface area contributed by atoms with Gasteiger partial charge >= 0.3 is 0 Å². The molecular weight excluding hydrogens is 356 g/mol. The van der Waals surface area contributed by atoms with E-state index in [9.17, 15) is 4.79 Å². The zero-order valence-electron chi connectivity index (χ0n) is 11.0. The summed E-state index contributed by atoms with van der Waals surface area (Å²) in [6.45, 7) is 0. The first kappa shape index (κ1) is 14.2. The first-order valence-corrected chi connectivity index (χ1v) is 7.33. The molecule has 0 aliphatic heterocycles. The molecule has 0 N–H and O–H groups in total. The summed E-state index contributed by atoms with van der Waals surface area (Å²) in [5.74, 6) is 0.521. The van der Waals surface area contributed by atoms with Crippen LogP contribution in [0.25, 0.3) is 11.0 Å². The number of fused-ring (bicyclic) bond motifs is 1. The van der Waals surface area contributed by atoms with E-state index < -0.39 is 0 Å². The molecule has 2 aromatic carbocycles. The van der Waals surface area contributed by atoms with E-state index in [4.69, 9.17) is 20.8 Å². The molecule has 5 heteroatoms. The lowest BCUT2D eigenvalue weighted by Gasteiger charge is -2.06. The van der Waals surface area contributed by atoms with Crippen molar-refractivity contribution in [3.63, 3.8) is 0 Å². The van der Waals surface area contributed by atoms with Gasteiger partial charge < -0.3 is 9.15 Å². The van der Waals surface area contributed by atoms with E-state index >= 15 is 0 Å². The highest BCUT2D eigenvalue weighted by Gasteiger charge is 2.19. The molecule has 21 heavy (non-hydrogen) atoms. The van der Waals surface area contributed by atoms with Crippen molar-refractivity contribution < 1.29 is 13.9 Å². The topological polar surface area (TPSA) is 39.4 Å². The maximum absolute atomic E-state index is 12.6. The largest absolute Gasteiger partial charge is 0.496 e. The molecule has 3 aromatic rings. The third kappa shape index (κ3) is 2.69. The van der Waals surface area contributed by atoms with E-state index in [0.717, 1.165) is 9.86 Å². The molecule has 3 rings (SSSR count). The fourth-order valence-corrected chi connectivity index (χ4v) is 2.63. The Morgan fingerprint density at radius 1 is 1.19 bits per heavy atom. The summed E-state index contributed by atoms with van der Waals surface area (Å²) in [7, 11) is 1.52. The number of ether oxygens (including phenoxy) is 1. The lowest BCUT2D eigenvalue weighted by molar-refractivity contribution is 0.101. The van der Waals surface area contributed by atoms with E-state index in [0.29, 0.717) is 21.9 Å². The second kappa shape index (κ2) is 5.54. The number of halogens is 2. The first-order chi connectivity index (χ1) is 10.1. The summed E-state index contributed by atoms with van der Waals surface area (Å²) in [5, 5.41) is 1.39. The number of ketones is 1. The predicted molar refractivity (Wildman–Crippen MR) is 85.4 cm³/mol. The Kier molecular flexibility index (Phi) is 3.74. The molecule has 0 radical (unpaired) electrons. The first-order valence-electron chi connectivity index (χ1n) is 6.16. The SMILES string of the molecule is COc1cc(Br)ccc1C(=O)c1cc2cc(Cl)ccc2o1. The maximum atomic E-state index is 12.6. The van der Waals surface area contributed by atoms with Gasteiger partial charge in [0.05, 0.1) is 12.7 Å². The minimum absolute atomic E-state index is 0.230. The second-order valence-electron chi connectivity index (χ2n) is 4.47. The van der Waals surface area contributed by atoms with Gasteiger partial charge in [-0.25, -0.2) is 0 Å². The fourth-order valence-electron chi connectivity index (χ4n) is 2.11. The molecule has 0 unspecified atom stereocenters. The molecule has 1 aromatic heterocycles. The van der Waals surface area contributed by atoms with Crippen LogP contribution in [-0.2, 0) is 0 Å². The van der Waals surface area contributed by atoms with Crippen LogP contribution in [-0.4, -0.2) is 12.9 Å². The van der Waals surface area contributed by atoms with E-state index in [2.05, 4.69) is 15.9 Å². The van der Waals surface area contributed by atoms with Gasteiger partial charge in [-0.15, -0.1) is 0 Å². The highest BCUT2D eigenvalue weighted by molar-refractivity contribution is 9.10.